The fourth-order valence-electron chi connectivity index (χ4n) is 2.91. The first-order chi connectivity index (χ1) is 12.9. The Labute approximate surface area is 155 Å². The van der Waals surface area contributed by atoms with Crippen LogP contribution >= 0.6 is 0 Å². The maximum absolute atomic E-state index is 12.2. The molecule has 1 N–H and O–H groups in total. The molecule has 7 heteroatoms. The van der Waals surface area contributed by atoms with Gasteiger partial charge in [0.1, 0.15) is 5.75 Å². The van der Waals surface area contributed by atoms with E-state index in [4.69, 9.17) is 0 Å². The number of nitrogens with one attached hydrogen (secondary N) is 1. The third-order valence-electron chi connectivity index (χ3n) is 4.18. The van der Waals surface area contributed by atoms with Crippen molar-refractivity contribution in [2.75, 3.05) is 25.0 Å². The Kier molecular flexibility index (Phi) is 5.81. The van der Waals surface area contributed by atoms with Crippen LogP contribution in [0.15, 0.2) is 60.7 Å². The molecule has 2 aromatic rings. The van der Waals surface area contributed by atoms with Crippen LogP contribution < -0.4 is 10.1 Å². The van der Waals surface area contributed by atoms with E-state index < -0.39 is 6.36 Å². The Hall–Kier alpha value is -2.80. The molecule has 142 valence electrons. The molecule has 0 unspecified atom stereocenters. The minimum absolute atomic E-state index is 0.212. The number of carbonyl (C=O) groups excluding carboxylic acids is 1. The van der Waals surface area contributed by atoms with Gasteiger partial charge in [-0.3, -0.25) is 9.69 Å². The molecule has 0 bridgehead atoms. The summed E-state index contributed by atoms with van der Waals surface area (Å²) in [4.78, 5) is 14.2. The Morgan fingerprint density at radius 2 is 1.78 bits per heavy atom. The lowest BCUT2D eigenvalue weighted by Gasteiger charge is -2.25. The summed E-state index contributed by atoms with van der Waals surface area (Å²) in [5.41, 5.74) is 2.89. The molecule has 2 aromatic carbocycles. The van der Waals surface area contributed by atoms with Crippen molar-refractivity contribution in [2.45, 2.75) is 12.8 Å². The van der Waals surface area contributed by atoms with Crippen LogP contribution in [0.5, 0.6) is 5.75 Å². The Morgan fingerprint density at radius 1 is 1.07 bits per heavy atom. The van der Waals surface area contributed by atoms with E-state index in [9.17, 15) is 18.0 Å². The monoisotopic (exact) mass is 376 g/mol. The molecule has 0 aromatic heterocycles. The van der Waals surface area contributed by atoms with Crippen molar-refractivity contribution in [1.82, 2.24) is 4.90 Å². The number of ether oxygens (including phenoxy) is 1. The Bertz CT molecular complexity index is 802. The van der Waals surface area contributed by atoms with Gasteiger partial charge in [-0.25, -0.2) is 0 Å². The highest BCUT2D eigenvalue weighted by Gasteiger charge is 2.31. The molecule has 0 atom stereocenters. The largest absolute Gasteiger partial charge is 0.573 e. The summed E-state index contributed by atoms with van der Waals surface area (Å²) >= 11 is 0. The first-order valence-electron chi connectivity index (χ1n) is 8.51. The normalized spacial score (nSPS) is 15.1. The molecule has 0 spiro atoms. The third kappa shape index (κ3) is 5.86. The van der Waals surface area contributed by atoms with Crippen molar-refractivity contribution in [1.29, 1.82) is 0 Å². The minimum atomic E-state index is -4.73. The number of carbonyl (C=O) groups is 1. The van der Waals surface area contributed by atoms with Gasteiger partial charge in [-0.1, -0.05) is 36.4 Å². The summed E-state index contributed by atoms with van der Waals surface area (Å²) in [6.07, 6.45) is -1.75. The third-order valence-corrected chi connectivity index (χ3v) is 4.18. The first-order valence-corrected chi connectivity index (χ1v) is 8.51. The fraction of sp³-hybridized carbons (Fsp3) is 0.250. The van der Waals surface area contributed by atoms with Gasteiger partial charge in [0.15, 0.2) is 0 Å². The van der Waals surface area contributed by atoms with Gasteiger partial charge in [-0.15, -0.1) is 13.2 Å². The van der Waals surface area contributed by atoms with E-state index in [1.54, 1.807) is 0 Å². The zero-order valence-corrected chi connectivity index (χ0v) is 14.5. The van der Waals surface area contributed by atoms with Gasteiger partial charge >= 0.3 is 6.36 Å². The number of hydrogen-bond acceptors (Lipinski definition) is 3. The van der Waals surface area contributed by atoms with E-state index in [-0.39, 0.29) is 18.2 Å². The summed E-state index contributed by atoms with van der Waals surface area (Å²) in [7, 11) is 0. The molecule has 1 heterocycles. The predicted octanol–water partition coefficient (Wildman–Crippen LogP) is 4.31. The smallest absolute Gasteiger partial charge is 0.406 e. The molecule has 0 aliphatic carbocycles. The molecule has 1 amide bonds. The second-order valence-electron chi connectivity index (χ2n) is 6.20. The van der Waals surface area contributed by atoms with Crippen LogP contribution in [0.4, 0.5) is 18.9 Å². The Balaban J connectivity index is 1.49. The second kappa shape index (κ2) is 8.26. The number of rotatable bonds is 5. The van der Waals surface area contributed by atoms with Crippen LogP contribution in [-0.4, -0.2) is 36.8 Å². The maximum Gasteiger partial charge on any atom is 0.573 e. The van der Waals surface area contributed by atoms with E-state index in [2.05, 4.69) is 28.3 Å². The van der Waals surface area contributed by atoms with Crippen LogP contribution in [0.25, 0.3) is 5.57 Å². The summed E-state index contributed by atoms with van der Waals surface area (Å²) in [6.45, 7) is 1.67. The molecule has 1 aliphatic rings. The standard InChI is InChI=1S/C20H19F3N2O2/c21-20(22,23)27-18-8-6-17(7-9-18)24-19(26)14-25-12-10-16(11-13-25)15-4-2-1-3-5-15/h1-10H,11-14H2,(H,24,26). The van der Waals surface area contributed by atoms with E-state index >= 15 is 0 Å². The molecular formula is C20H19F3N2O2. The lowest BCUT2D eigenvalue weighted by molar-refractivity contribution is -0.274. The highest BCUT2D eigenvalue weighted by atomic mass is 19.4. The zero-order chi connectivity index (χ0) is 19.3. The summed E-state index contributed by atoms with van der Waals surface area (Å²) in [6, 6.07) is 15.2. The van der Waals surface area contributed by atoms with Gasteiger partial charge in [0.2, 0.25) is 5.91 Å². The second-order valence-corrected chi connectivity index (χ2v) is 6.20. The number of hydrogen-bond donors (Lipinski definition) is 1. The summed E-state index contributed by atoms with van der Waals surface area (Å²) in [5, 5.41) is 2.68. The van der Waals surface area contributed by atoms with Crippen molar-refractivity contribution in [3.05, 3.63) is 66.2 Å². The fourth-order valence-corrected chi connectivity index (χ4v) is 2.91. The van der Waals surface area contributed by atoms with Crippen LogP contribution in [0.1, 0.15) is 12.0 Å². The van der Waals surface area contributed by atoms with Crippen LogP contribution in [0.3, 0.4) is 0 Å². The SMILES string of the molecule is O=C(CN1CC=C(c2ccccc2)CC1)Nc1ccc(OC(F)(F)F)cc1. The average Bonchev–Trinajstić information content (AvgIpc) is 2.63. The van der Waals surface area contributed by atoms with Gasteiger partial charge in [0.25, 0.3) is 0 Å². The molecule has 3 rings (SSSR count). The zero-order valence-electron chi connectivity index (χ0n) is 14.5. The molecular weight excluding hydrogens is 357 g/mol. The van der Waals surface area contributed by atoms with Crippen LogP contribution in [-0.2, 0) is 4.79 Å². The molecule has 4 nitrogen and oxygen atoms in total. The maximum atomic E-state index is 12.2. The average molecular weight is 376 g/mol. The van der Waals surface area contributed by atoms with E-state index in [0.29, 0.717) is 12.2 Å². The number of amides is 1. The first kappa shape index (κ1) is 19.0. The quantitative estimate of drug-likeness (QED) is 0.845. The highest BCUT2D eigenvalue weighted by molar-refractivity contribution is 5.92. The molecule has 0 radical (unpaired) electrons. The van der Waals surface area contributed by atoms with Crippen molar-refractivity contribution >= 4 is 17.2 Å². The number of halogens is 3. The van der Waals surface area contributed by atoms with E-state index in [1.165, 1.54) is 35.4 Å². The summed E-state index contributed by atoms with van der Waals surface area (Å²) < 4.78 is 40.2. The molecule has 0 saturated heterocycles. The lowest BCUT2D eigenvalue weighted by atomic mass is 10.00. The van der Waals surface area contributed by atoms with Crippen LogP contribution in [0.2, 0.25) is 0 Å². The number of benzene rings is 2. The van der Waals surface area contributed by atoms with E-state index in [1.807, 2.05) is 23.1 Å². The number of alkyl halides is 3. The topological polar surface area (TPSA) is 41.6 Å². The van der Waals surface area contributed by atoms with Crippen molar-refractivity contribution in [2.24, 2.45) is 0 Å². The van der Waals surface area contributed by atoms with Crippen LogP contribution in [0, 0.1) is 0 Å². The highest BCUT2D eigenvalue weighted by Crippen LogP contribution is 2.24. The molecule has 0 saturated carbocycles. The van der Waals surface area contributed by atoms with Gasteiger partial charge < -0.3 is 10.1 Å². The van der Waals surface area contributed by atoms with Gasteiger partial charge in [-0.05, 0) is 41.8 Å². The van der Waals surface area contributed by atoms with Gasteiger partial charge in [0, 0.05) is 18.8 Å². The van der Waals surface area contributed by atoms with Crippen molar-refractivity contribution in [3.63, 3.8) is 0 Å². The number of nitrogens with zero attached hydrogens (tertiary/aromatic N) is 1. The lowest BCUT2D eigenvalue weighted by Crippen LogP contribution is -2.36. The van der Waals surface area contributed by atoms with Crippen molar-refractivity contribution in [3.8, 4) is 5.75 Å². The minimum Gasteiger partial charge on any atom is -0.406 e. The number of anilines is 1. The Morgan fingerprint density at radius 3 is 2.37 bits per heavy atom. The van der Waals surface area contributed by atoms with Crippen molar-refractivity contribution < 1.29 is 22.7 Å². The van der Waals surface area contributed by atoms with Gasteiger partial charge in [0.05, 0.1) is 6.54 Å². The molecule has 0 fully saturated rings. The van der Waals surface area contributed by atoms with E-state index in [0.717, 1.165) is 13.0 Å². The van der Waals surface area contributed by atoms with Gasteiger partial charge in [-0.2, -0.15) is 0 Å². The predicted molar refractivity (Wildman–Crippen MR) is 97.2 cm³/mol. The molecule has 27 heavy (non-hydrogen) atoms. The molecule has 1 aliphatic heterocycles. The summed E-state index contributed by atoms with van der Waals surface area (Å²) in [5.74, 6) is -0.536.